The van der Waals surface area contributed by atoms with Gasteiger partial charge in [-0.1, -0.05) is 0 Å². The predicted octanol–water partition coefficient (Wildman–Crippen LogP) is 9.74. The Labute approximate surface area is 282 Å². The van der Waals surface area contributed by atoms with E-state index in [0.717, 1.165) is 73.1 Å². The van der Waals surface area contributed by atoms with Crippen molar-refractivity contribution in [3.63, 3.8) is 0 Å². The topological polar surface area (TPSA) is 71.1 Å². The second-order valence-corrected chi connectivity index (χ2v) is 21.9. The zero-order valence-electron chi connectivity index (χ0n) is 28.4. The number of carbonyl (C=O) groups is 2. The van der Waals surface area contributed by atoms with Crippen LogP contribution < -0.4 is 0 Å². The van der Waals surface area contributed by atoms with Crippen molar-refractivity contribution in [3.8, 4) is 0 Å². The summed E-state index contributed by atoms with van der Waals surface area (Å²) in [5.74, 6) is -0.0918. The number of thiol groups is 2. The molecule has 0 N–H and O–H groups in total. The van der Waals surface area contributed by atoms with Crippen molar-refractivity contribution in [3.05, 3.63) is 0 Å². The summed E-state index contributed by atoms with van der Waals surface area (Å²) in [4.78, 5) is 27.4. The molecule has 0 fully saturated rings. The molecule has 2 unspecified atom stereocenters. The molecular weight excluding hydrogens is 687 g/mol. The summed E-state index contributed by atoms with van der Waals surface area (Å²) in [7, 11) is 0. The van der Waals surface area contributed by atoms with Crippen molar-refractivity contribution in [2.75, 3.05) is 37.9 Å². The van der Waals surface area contributed by atoms with Gasteiger partial charge in [-0.05, 0) is 0 Å². The van der Waals surface area contributed by atoms with E-state index in [-0.39, 0.29) is 23.8 Å². The van der Waals surface area contributed by atoms with E-state index in [1.165, 1.54) is 51.4 Å². The van der Waals surface area contributed by atoms with Gasteiger partial charge in [-0.15, -0.1) is 0 Å². The van der Waals surface area contributed by atoms with Gasteiger partial charge >= 0.3 is 284 Å². The van der Waals surface area contributed by atoms with Gasteiger partial charge in [0.1, 0.15) is 0 Å². The minimum atomic E-state index is -4.14. The molecule has 0 aliphatic rings. The summed E-state index contributed by atoms with van der Waals surface area (Å²) in [6.45, 7) is 11.3. The van der Waals surface area contributed by atoms with Crippen LogP contribution in [0.4, 0.5) is 0 Å². The molecule has 0 bridgehead atoms. The van der Waals surface area contributed by atoms with Crippen molar-refractivity contribution in [2.24, 2.45) is 11.8 Å². The molecule has 2 atom stereocenters. The SMILES string of the molecule is CCCCCCC[CH2][Sn]([CH2]CCCCCCC)([O]C(=O)C(CS)CCCCOCC)[O]C(=O)C(CS)CCCCOCC. The number of rotatable bonds is 32. The Bertz CT molecular complexity index is 600. The zero-order chi connectivity index (χ0) is 32.0. The summed E-state index contributed by atoms with van der Waals surface area (Å²) in [6, 6.07) is 0. The molecule has 0 aromatic rings. The molecule has 0 radical (unpaired) electrons. The van der Waals surface area contributed by atoms with Crippen molar-refractivity contribution in [2.45, 2.75) is 152 Å². The van der Waals surface area contributed by atoms with Gasteiger partial charge in [-0.3, -0.25) is 0 Å². The van der Waals surface area contributed by atoms with Gasteiger partial charge in [0.2, 0.25) is 0 Å². The first kappa shape index (κ1) is 43.4. The van der Waals surface area contributed by atoms with Gasteiger partial charge in [0, 0.05) is 0 Å². The number of carbonyl (C=O) groups excluding carboxylic acids is 2. The van der Waals surface area contributed by atoms with Crippen LogP contribution in [-0.2, 0) is 25.2 Å². The molecule has 0 saturated carbocycles. The molecule has 0 spiro atoms. The fourth-order valence-corrected chi connectivity index (χ4v) is 15.5. The minimum absolute atomic E-state index is 0.203. The molecule has 0 aromatic carbocycles. The molecule has 256 valence electrons. The van der Waals surface area contributed by atoms with E-state index in [1.807, 2.05) is 13.8 Å². The van der Waals surface area contributed by atoms with Crippen molar-refractivity contribution in [1.82, 2.24) is 0 Å². The molecule has 0 aliphatic heterocycles. The van der Waals surface area contributed by atoms with Gasteiger partial charge in [0.25, 0.3) is 0 Å². The third-order valence-corrected chi connectivity index (χ3v) is 18.6. The fourth-order valence-electron chi connectivity index (χ4n) is 5.28. The van der Waals surface area contributed by atoms with Crippen LogP contribution in [0.25, 0.3) is 0 Å². The maximum absolute atomic E-state index is 13.7. The summed E-state index contributed by atoms with van der Waals surface area (Å²) in [5, 5.41) is 0. The Kier molecular flexibility index (Phi) is 31.2. The first-order chi connectivity index (χ1) is 20.9. The molecular formula is C34H68O6S2Sn. The van der Waals surface area contributed by atoms with E-state index in [2.05, 4.69) is 39.1 Å². The van der Waals surface area contributed by atoms with Gasteiger partial charge in [0.15, 0.2) is 0 Å². The molecule has 0 amide bonds. The first-order valence-electron chi connectivity index (χ1n) is 17.8. The Balaban J connectivity index is 5.75. The third kappa shape index (κ3) is 23.3. The van der Waals surface area contributed by atoms with Crippen LogP contribution in [0.15, 0.2) is 0 Å². The predicted molar refractivity (Wildman–Crippen MR) is 190 cm³/mol. The Morgan fingerprint density at radius 1 is 0.535 bits per heavy atom. The average Bonchev–Trinajstić information content (AvgIpc) is 3.00. The monoisotopic (exact) mass is 756 g/mol. The van der Waals surface area contributed by atoms with E-state index < -0.39 is 19.2 Å². The number of unbranched alkanes of at least 4 members (excludes halogenated alkanes) is 12. The van der Waals surface area contributed by atoms with Gasteiger partial charge in [-0.2, -0.15) is 0 Å². The van der Waals surface area contributed by atoms with Crippen LogP contribution >= 0.6 is 25.3 Å². The van der Waals surface area contributed by atoms with Crippen LogP contribution in [0.3, 0.4) is 0 Å². The number of hydrogen-bond donors (Lipinski definition) is 2. The summed E-state index contributed by atoms with van der Waals surface area (Å²) in [6.07, 6.45) is 18.8. The van der Waals surface area contributed by atoms with E-state index in [1.54, 1.807) is 0 Å². The summed E-state index contributed by atoms with van der Waals surface area (Å²) in [5.41, 5.74) is 0. The Morgan fingerprint density at radius 2 is 0.907 bits per heavy atom. The normalized spacial score (nSPS) is 13.2. The van der Waals surface area contributed by atoms with Crippen LogP contribution in [0.1, 0.15) is 143 Å². The van der Waals surface area contributed by atoms with Crippen LogP contribution in [0, 0.1) is 11.8 Å². The van der Waals surface area contributed by atoms with Crippen LogP contribution in [0.5, 0.6) is 0 Å². The van der Waals surface area contributed by atoms with Crippen molar-refractivity contribution in [1.29, 1.82) is 0 Å². The van der Waals surface area contributed by atoms with Gasteiger partial charge in [-0.25, -0.2) is 0 Å². The third-order valence-electron chi connectivity index (χ3n) is 8.09. The van der Waals surface area contributed by atoms with Crippen LogP contribution in [-0.4, -0.2) is 69.1 Å². The second-order valence-electron chi connectivity index (χ2n) is 11.9. The maximum atomic E-state index is 13.7. The molecule has 0 aliphatic carbocycles. The molecule has 9 heteroatoms. The molecule has 0 heterocycles. The quantitative estimate of drug-likeness (QED) is 0.0405. The van der Waals surface area contributed by atoms with Crippen LogP contribution in [0.2, 0.25) is 8.87 Å². The van der Waals surface area contributed by atoms with E-state index in [9.17, 15) is 9.59 Å². The van der Waals surface area contributed by atoms with Crippen molar-refractivity contribution < 1.29 is 25.2 Å². The number of hydrogen-bond acceptors (Lipinski definition) is 8. The molecule has 43 heavy (non-hydrogen) atoms. The second kappa shape index (κ2) is 31.0. The summed E-state index contributed by atoms with van der Waals surface area (Å²) >= 11 is 4.92. The Hall–Kier alpha value is 0.359. The molecule has 0 rings (SSSR count). The summed E-state index contributed by atoms with van der Waals surface area (Å²) < 4.78 is 25.6. The molecule has 0 aromatic heterocycles. The standard InChI is InChI=1S/2C9H18O3S.2C8H17.Sn/c2*1-2-12-6-4-3-5-8(7-13)9(10)11;2*1-3-5-7-8-6-4-2;/h2*8,13H,2-7H2,1H3,(H,10,11);2*1,3-8H2,2H3;/q;;;;+2/p-2. The van der Waals surface area contributed by atoms with E-state index in [4.69, 9.17) is 15.6 Å². The number of ether oxygens (including phenoxy) is 2. The fraction of sp³-hybridized carbons (Fsp3) is 0.941. The van der Waals surface area contributed by atoms with Crippen molar-refractivity contribution >= 4 is 56.4 Å². The van der Waals surface area contributed by atoms with Gasteiger partial charge in [0.05, 0.1) is 0 Å². The molecule has 6 nitrogen and oxygen atoms in total. The average molecular weight is 756 g/mol. The molecule has 0 saturated heterocycles. The first-order valence-corrected chi connectivity index (χ1v) is 25.4. The van der Waals surface area contributed by atoms with E-state index >= 15 is 0 Å². The Morgan fingerprint density at radius 3 is 1.26 bits per heavy atom. The van der Waals surface area contributed by atoms with Gasteiger partial charge < -0.3 is 0 Å². The van der Waals surface area contributed by atoms with E-state index in [0.29, 0.717) is 37.9 Å². The zero-order valence-corrected chi connectivity index (χ0v) is 33.0.